The van der Waals surface area contributed by atoms with E-state index < -0.39 is 0 Å². The lowest BCUT2D eigenvalue weighted by Crippen LogP contribution is -2.54. The second-order valence-corrected chi connectivity index (χ2v) is 11.5. The average molecular weight is 402 g/mol. The molecule has 0 aromatic rings. The van der Waals surface area contributed by atoms with Gasteiger partial charge >= 0.3 is 0 Å². The highest BCUT2D eigenvalue weighted by molar-refractivity contribution is 5.87. The van der Waals surface area contributed by atoms with Gasteiger partial charge in [0.1, 0.15) is 5.78 Å². The van der Waals surface area contributed by atoms with Gasteiger partial charge in [0.05, 0.1) is 0 Å². The molecule has 0 aromatic carbocycles. The Hall–Kier alpha value is -0.670. The Bertz CT molecular complexity index is 641. The fraction of sp³-hybridized carbons (Fsp3) is 0.885. The smallest absolute Gasteiger partial charge is 0.139 e. The average Bonchev–Trinajstić information content (AvgIpc) is 2.98. The Morgan fingerprint density at radius 1 is 1.03 bits per heavy atom. The van der Waals surface area contributed by atoms with E-state index in [9.17, 15) is 4.79 Å². The minimum absolute atomic E-state index is 0.0265. The summed E-state index contributed by atoms with van der Waals surface area (Å²) in [4.78, 5) is 12.6. The van der Waals surface area contributed by atoms with Crippen molar-refractivity contribution in [2.24, 2.45) is 46.3 Å². The third kappa shape index (κ3) is 3.45. The molecule has 0 spiro atoms. The zero-order chi connectivity index (χ0) is 20.8. The fourth-order valence-corrected chi connectivity index (χ4v) is 8.27. The van der Waals surface area contributed by atoms with E-state index in [1.54, 1.807) is 0 Å². The van der Waals surface area contributed by atoms with E-state index in [0.717, 1.165) is 50.0 Å². The SMILES string of the molecule is C=C1CC2C[C@@H](CCC3CNC3)CC[C@]2(C)C2CC[C@]3(C)C(=O)CCC3C12.CO. The van der Waals surface area contributed by atoms with Crippen molar-refractivity contribution in [1.29, 1.82) is 0 Å². The van der Waals surface area contributed by atoms with Crippen molar-refractivity contribution in [1.82, 2.24) is 5.32 Å². The van der Waals surface area contributed by atoms with Crippen LogP contribution >= 0.6 is 0 Å². The molecular weight excluding hydrogens is 358 g/mol. The van der Waals surface area contributed by atoms with Crippen molar-refractivity contribution in [3.05, 3.63) is 12.2 Å². The summed E-state index contributed by atoms with van der Waals surface area (Å²) < 4.78 is 0. The Morgan fingerprint density at radius 3 is 2.45 bits per heavy atom. The maximum Gasteiger partial charge on any atom is 0.139 e. The molecule has 5 rings (SSSR count). The minimum Gasteiger partial charge on any atom is -0.400 e. The van der Waals surface area contributed by atoms with Gasteiger partial charge in [-0.15, -0.1) is 0 Å². The number of hydrogen-bond acceptors (Lipinski definition) is 3. The summed E-state index contributed by atoms with van der Waals surface area (Å²) >= 11 is 0. The van der Waals surface area contributed by atoms with E-state index in [1.807, 2.05) is 0 Å². The Kier molecular flexibility index (Phi) is 6.03. The van der Waals surface area contributed by atoms with Crippen LogP contribution in [0.2, 0.25) is 0 Å². The molecule has 1 aliphatic heterocycles. The third-order valence-corrected chi connectivity index (χ3v) is 10.3. The highest BCUT2D eigenvalue weighted by Crippen LogP contribution is 2.67. The number of aliphatic hydroxyl groups excluding tert-OH is 1. The van der Waals surface area contributed by atoms with Gasteiger partial charge in [-0.2, -0.15) is 0 Å². The van der Waals surface area contributed by atoms with Crippen molar-refractivity contribution in [2.45, 2.75) is 78.1 Å². The second-order valence-electron chi connectivity index (χ2n) is 11.5. The Balaban J connectivity index is 0.000000994. The molecule has 7 atom stereocenters. The minimum atomic E-state index is -0.0265. The molecule has 4 unspecified atom stereocenters. The molecule has 0 radical (unpaired) electrons. The first-order valence-corrected chi connectivity index (χ1v) is 12.3. The molecule has 4 saturated carbocycles. The molecule has 5 aliphatic rings. The van der Waals surface area contributed by atoms with Gasteiger partial charge in [-0.3, -0.25) is 4.79 Å². The summed E-state index contributed by atoms with van der Waals surface area (Å²) in [7, 11) is 1.00. The van der Waals surface area contributed by atoms with E-state index in [4.69, 9.17) is 5.11 Å². The van der Waals surface area contributed by atoms with Crippen LogP contribution in [0.3, 0.4) is 0 Å². The molecule has 0 aromatic heterocycles. The molecule has 0 amide bonds. The first-order valence-electron chi connectivity index (χ1n) is 12.3. The zero-order valence-electron chi connectivity index (χ0n) is 19.0. The number of hydrogen-bond donors (Lipinski definition) is 2. The molecule has 2 N–H and O–H groups in total. The van der Waals surface area contributed by atoms with E-state index in [1.165, 1.54) is 63.6 Å². The van der Waals surface area contributed by atoms with Crippen LogP contribution in [0.15, 0.2) is 12.2 Å². The highest BCUT2D eigenvalue weighted by Gasteiger charge is 2.61. The summed E-state index contributed by atoms with van der Waals surface area (Å²) in [5, 5.41) is 10.4. The quantitative estimate of drug-likeness (QED) is 0.655. The zero-order valence-corrected chi connectivity index (χ0v) is 19.0. The number of ketones is 1. The molecule has 3 nitrogen and oxygen atoms in total. The fourth-order valence-electron chi connectivity index (χ4n) is 8.27. The summed E-state index contributed by atoms with van der Waals surface area (Å²) in [6.45, 7) is 12.1. The summed E-state index contributed by atoms with van der Waals surface area (Å²) in [5.74, 6) is 5.34. The number of Topliss-reactive ketones (excluding diaryl/α,β-unsaturated/α-hetero) is 1. The predicted molar refractivity (Wildman–Crippen MR) is 118 cm³/mol. The molecule has 5 fully saturated rings. The molecule has 1 saturated heterocycles. The lowest BCUT2D eigenvalue weighted by Gasteiger charge is -2.61. The molecular formula is C26H43NO2. The maximum atomic E-state index is 12.6. The lowest BCUT2D eigenvalue weighted by atomic mass is 9.43. The van der Waals surface area contributed by atoms with Crippen molar-refractivity contribution in [3.63, 3.8) is 0 Å². The number of carbonyl (C=O) groups excluding carboxylic acids is 1. The Morgan fingerprint density at radius 2 is 1.76 bits per heavy atom. The number of aliphatic hydroxyl groups is 1. The number of carbonyl (C=O) groups is 1. The van der Waals surface area contributed by atoms with Gasteiger partial charge in [0.2, 0.25) is 0 Å². The summed E-state index contributed by atoms with van der Waals surface area (Å²) in [6, 6.07) is 0. The number of nitrogens with one attached hydrogen (secondary N) is 1. The molecule has 0 bridgehead atoms. The van der Waals surface area contributed by atoms with Crippen LogP contribution in [0.1, 0.15) is 78.1 Å². The van der Waals surface area contributed by atoms with Crippen LogP contribution in [-0.2, 0) is 4.79 Å². The van der Waals surface area contributed by atoms with Crippen LogP contribution in [0.25, 0.3) is 0 Å². The summed E-state index contributed by atoms with van der Waals surface area (Å²) in [5.41, 5.74) is 2.01. The van der Waals surface area contributed by atoms with Crippen LogP contribution in [0.4, 0.5) is 0 Å². The largest absolute Gasteiger partial charge is 0.400 e. The van der Waals surface area contributed by atoms with Crippen molar-refractivity contribution in [2.75, 3.05) is 20.2 Å². The van der Waals surface area contributed by atoms with Gasteiger partial charge < -0.3 is 10.4 Å². The van der Waals surface area contributed by atoms with Crippen molar-refractivity contribution < 1.29 is 9.90 Å². The highest BCUT2D eigenvalue weighted by atomic mass is 16.2. The molecule has 164 valence electrons. The van der Waals surface area contributed by atoms with E-state index in [2.05, 4.69) is 25.7 Å². The van der Waals surface area contributed by atoms with Crippen LogP contribution in [0, 0.1) is 46.3 Å². The number of fused-ring (bicyclic) bond motifs is 5. The third-order valence-electron chi connectivity index (χ3n) is 10.3. The first-order chi connectivity index (χ1) is 13.9. The van der Waals surface area contributed by atoms with Crippen LogP contribution in [0.5, 0.6) is 0 Å². The van der Waals surface area contributed by atoms with E-state index in [0.29, 0.717) is 23.0 Å². The van der Waals surface area contributed by atoms with Crippen LogP contribution < -0.4 is 5.32 Å². The van der Waals surface area contributed by atoms with E-state index in [-0.39, 0.29) is 5.41 Å². The normalized spacial score (nSPS) is 46.7. The monoisotopic (exact) mass is 401 g/mol. The van der Waals surface area contributed by atoms with Gasteiger partial charge in [0.25, 0.3) is 0 Å². The van der Waals surface area contributed by atoms with Gasteiger partial charge in [0.15, 0.2) is 0 Å². The van der Waals surface area contributed by atoms with Crippen LogP contribution in [-0.4, -0.2) is 31.1 Å². The van der Waals surface area contributed by atoms with Crippen molar-refractivity contribution in [3.8, 4) is 0 Å². The van der Waals surface area contributed by atoms with Gasteiger partial charge in [-0.1, -0.05) is 32.4 Å². The van der Waals surface area contributed by atoms with Gasteiger partial charge in [-0.25, -0.2) is 0 Å². The lowest BCUT2D eigenvalue weighted by molar-refractivity contribution is -0.135. The summed E-state index contributed by atoms with van der Waals surface area (Å²) in [6.07, 6.45) is 12.8. The standard InChI is InChI=1S/C25H39NO.CH4O/c1-16-12-19-13-17(4-5-18-14-26-15-18)8-10-24(19,2)21-9-11-25(3)20(23(16)21)6-7-22(25)27;1-2/h17-21,23,26H,1,4-15H2,2-3H3;2H,1H3/t17-,19?,20?,21?,23?,24-,25-;/m0./s1. The predicted octanol–water partition coefficient (Wildman–Crippen LogP) is 4.99. The number of rotatable bonds is 3. The van der Waals surface area contributed by atoms with Gasteiger partial charge in [-0.05, 0) is 105 Å². The maximum absolute atomic E-state index is 12.6. The topological polar surface area (TPSA) is 49.3 Å². The second kappa shape index (κ2) is 8.11. The molecule has 4 aliphatic carbocycles. The molecule has 1 heterocycles. The van der Waals surface area contributed by atoms with Crippen molar-refractivity contribution >= 4 is 5.78 Å². The first kappa shape index (κ1) is 21.6. The van der Waals surface area contributed by atoms with E-state index >= 15 is 0 Å². The molecule has 29 heavy (non-hydrogen) atoms. The number of allylic oxidation sites excluding steroid dienone is 1. The molecule has 3 heteroatoms. The Labute approximate surface area is 178 Å². The van der Waals surface area contributed by atoms with Gasteiger partial charge in [0, 0.05) is 18.9 Å².